The number of hydrogen-bond acceptors (Lipinski definition) is 2. The van der Waals surface area contributed by atoms with Crippen LogP contribution < -0.4 is 4.74 Å². The molecule has 1 aromatic rings. The van der Waals surface area contributed by atoms with Crippen LogP contribution in [0.3, 0.4) is 0 Å². The fourth-order valence-corrected chi connectivity index (χ4v) is 1.00. The van der Waals surface area contributed by atoms with E-state index in [2.05, 4.69) is 6.07 Å². The second-order valence-corrected chi connectivity index (χ2v) is 2.83. The summed E-state index contributed by atoms with van der Waals surface area (Å²) in [6.45, 7) is 0. The third kappa shape index (κ3) is 1.99. The maximum atomic E-state index is 11.6. The van der Waals surface area contributed by atoms with Gasteiger partial charge in [-0.05, 0) is 18.2 Å². The van der Waals surface area contributed by atoms with Gasteiger partial charge < -0.3 is 9.64 Å². The monoisotopic (exact) mass is 178 g/mol. The minimum absolute atomic E-state index is 0.0753. The zero-order chi connectivity index (χ0) is 9.84. The summed E-state index contributed by atoms with van der Waals surface area (Å²) < 4.78 is 5.05. The Hall–Kier alpha value is -1.51. The summed E-state index contributed by atoms with van der Waals surface area (Å²) in [4.78, 5) is 13.1. The van der Waals surface area contributed by atoms with Crippen LogP contribution in [-0.4, -0.2) is 32.0 Å². The topological polar surface area (TPSA) is 29.5 Å². The van der Waals surface area contributed by atoms with Crippen LogP contribution in [-0.2, 0) is 0 Å². The Balaban J connectivity index is 3.06. The van der Waals surface area contributed by atoms with Crippen molar-refractivity contribution in [3.63, 3.8) is 0 Å². The van der Waals surface area contributed by atoms with Gasteiger partial charge in [0, 0.05) is 14.1 Å². The Morgan fingerprint density at radius 2 is 2.23 bits per heavy atom. The molecular weight excluding hydrogens is 166 g/mol. The number of amides is 1. The summed E-state index contributed by atoms with van der Waals surface area (Å²) in [6.07, 6.45) is 0. The van der Waals surface area contributed by atoms with Crippen molar-refractivity contribution < 1.29 is 9.53 Å². The van der Waals surface area contributed by atoms with E-state index in [4.69, 9.17) is 4.74 Å². The zero-order valence-corrected chi connectivity index (χ0v) is 8.00. The molecule has 0 aromatic heterocycles. The largest absolute Gasteiger partial charge is 0.496 e. The lowest BCUT2D eigenvalue weighted by atomic mass is 10.2. The average molecular weight is 178 g/mol. The lowest BCUT2D eigenvalue weighted by Crippen LogP contribution is -2.22. The number of ether oxygens (including phenoxy) is 1. The lowest BCUT2D eigenvalue weighted by Gasteiger charge is -2.12. The van der Waals surface area contributed by atoms with E-state index < -0.39 is 0 Å². The first-order valence-electron chi connectivity index (χ1n) is 3.92. The minimum Gasteiger partial charge on any atom is -0.496 e. The van der Waals surface area contributed by atoms with Gasteiger partial charge >= 0.3 is 0 Å². The highest BCUT2D eigenvalue weighted by molar-refractivity contribution is 5.96. The van der Waals surface area contributed by atoms with Crippen LogP contribution in [0.1, 0.15) is 10.4 Å². The molecule has 1 radical (unpaired) electrons. The van der Waals surface area contributed by atoms with Crippen molar-refractivity contribution in [3.8, 4) is 5.75 Å². The summed E-state index contributed by atoms with van der Waals surface area (Å²) in [5, 5.41) is 0. The number of rotatable bonds is 2. The van der Waals surface area contributed by atoms with Gasteiger partial charge in [-0.25, -0.2) is 0 Å². The SMILES string of the molecule is COc1cc[c]cc1C(=O)N(C)C. The molecule has 0 heterocycles. The number of nitrogens with zero attached hydrogens (tertiary/aromatic N) is 1. The van der Waals surface area contributed by atoms with Gasteiger partial charge in [-0.1, -0.05) is 6.07 Å². The molecule has 0 aliphatic carbocycles. The predicted molar refractivity (Wildman–Crippen MR) is 49.8 cm³/mol. The van der Waals surface area contributed by atoms with E-state index in [0.29, 0.717) is 11.3 Å². The summed E-state index contributed by atoms with van der Waals surface area (Å²) in [7, 11) is 4.95. The Bertz CT molecular complexity index is 308. The first kappa shape index (κ1) is 9.58. The molecule has 1 aromatic carbocycles. The Morgan fingerprint density at radius 1 is 1.54 bits per heavy atom. The van der Waals surface area contributed by atoms with E-state index in [-0.39, 0.29) is 5.91 Å². The molecule has 0 aliphatic heterocycles. The van der Waals surface area contributed by atoms with Crippen molar-refractivity contribution in [1.29, 1.82) is 0 Å². The van der Waals surface area contributed by atoms with Crippen LogP contribution in [0.4, 0.5) is 0 Å². The smallest absolute Gasteiger partial charge is 0.257 e. The highest BCUT2D eigenvalue weighted by Crippen LogP contribution is 2.17. The molecule has 0 saturated carbocycles. The first-order valence-corrected chi connectivity index (χ1v) is 3.92. The molecule has 13 heavy (non-hydrogen) atoms. The fraction of sp³-hybridized carbons (Fsp3) is 0.300. The number of carbonyl (C=O) groups is 1. The first-order chi connectivity index (χ1) is 6.16. The number of benzene rings is 1. The summed E-state index contributed by atoms with van der Waals surface area (Å²) in [6, 6.07) is 7.90. The van der Waals surface area contributed by atoms with E-state index in [1.807, 2.05) is 0 Å². The van der Waals surface area contributed by atoms with Crippen LogP contribution in [0.15, 0.2) is 18.2 Å². The van der Waals surface area contributed by atoms with Crippen molar-refractivity contribution in [2.75, 3.05) is 21.2 Å². The van der Waals surface area contributed by atoms with Crippen LogP contribution in [0.2, 0.25) is 0 Å². The maximum absolute atomic E-state index is 11.6. The highest BCUT2D eigenvalue weighted by atomic mass is 16.5. The molecule has 0 unspecified atom stereocenters. The highest BCUT2D eigenvalue weighted by Gasteiger charge is 2.12. The van der Waals surface area contributed by atoms with Gasteiger partial charge in [0.15, 0.2) is 0 Å². The average Bonchev–Trinajstić information content (AvgIpc) is 2.16. The van der Waals surface area contributed by atoms with Crippen LogP contribution >= 0.6 is 0 Å². The summed E-state index contributed by atoms with van der Waals surface area (Å²) in [5.74, 6) is 0.506. The minimum atomic E-state index is -0.0753. The molecule has 0 aliphatic rings. The fourth-order valence-electron chi connectivity index (χ4n) is 1.00. The van der Waals surface area contributed by atoms with E-state index in [0.717, 1.165) is 0 Å². The van der Waals surface area contributed by atoms with Gasteiger partial charge in [0.1, 0.15) is 5.75 Å². The van der Waals surface area contributed by atoms with Gasteiger partial charge in [0.05, 0.1) is 12.7 Å². The molecule has 1 rings (SSSR count). The van der Waals surface area contributed by atoms with Gasteiger partial charge in [0.25, 0.3) is 5.91 Å². The van der Waals surface area contributed by atoms with Crippen LogP contribution in [0.25, 0.3) is 0 Å². The van der Waals surface area contributed by atoms with E-state index in [1.165, 1.54) is 4.90 Å². The quantitative estimate of drug-likeness (QED) is 0.681. The molecule has 1 amide bonds. The van der Waals surface area contributed by atoms with Gasteiger partial charge in [-0.2, -0.15) is 0 Å². The second kappa shape index (κ2) is 3.94. The standard InChI is InChI=1S/C10H12NO2/c1-11(2)10(12)8-6-4-5-7-9(8)13-3/h5-7H,1-3H3. The third-order valence-electron chi connectivity index (χ3n) is 1.68. The molecule has 0 spiro atoms. The van der Waals surface area contributed by atoms with Crippen LogP contribution in [0, 0.1) is 6.07 Å². The summed E-state index contributed by atoms with van der Waals surface area (Å²) >= 11 is 0. The maximum Gasteiger partial charge on any atom is 0.257 e. The van der Waals surface area contributed by atoms with Crippen molar-refractivity contribution in [2.45, 2.75) is 0 Å². The van der Waals surface area contributed by atoms with Crippen molar-refractivity contribution in [3.05, 3.63) is 29.8 Å². The predicted octanol–water partition coefficient (Wildman–Crippen LogP) is 1.20. The van der Waals surface area contributed by atoms with Gasteiger partial charge in [-0.15, -0.1) is 0 Å². The summed E-state index contributed by atoms with van der Waals surface area (Å²) in [5.41, 5.74) is 0.537. The molecule has 0 N–H and O–H groups in total. The Labute approximate surface area is 77.9 Å². The zero-order valence-electron chi connectivity index (χ0n) is 8.00. The molecule has 0 fully saturated rings. The van der Waals surface area contributed by atoms with E-state index in [9.17, 15) is 4.79 Å². The molecule has 3 nitrogen and oxygen atoms in total. The Morgan fingerprint density at radius 3 is 2.77 bits per heavy atom. The van der Waals surface area contributed by atoms with E-state index in [1.54, 1.807) is 39.4 Å². The van der Waals surface area contributed by atoms with Crippen LogP contribution in [0.5, 0.6) is 5.75 Å². The number of methoxy groups -OCH3 is 1. The number of carbonyl (C=O) groups excluding carboxylic acids is 1. The van der Waals surface area contributed by atoms with Gasteiger partial charge in [-0.3, -0.25) is 4.79 Å². The lowest BCUT2D eigenvalue weighted by molar-refractivity contribution is 0.0824. The molecule has 69 valence electrons. The van der Waals surface area contributed by atoms with Crippen molar-refractivity contribution in [1.82, 2.24) is 4.90 Å². The molecule has 0 saturated heterocycles. The van der Waals surface area contributed by atoms with Gasteiger partial charge in [0.2, 0.25) is 0 Å². The Kier molecular flexibility index (Phi) is 2.90. The molecule has 0 atom stereocenters. The third-order valence-corrected chi connectivity index (χ3v) is 1.68. The second-order valence-electron chi connectivity index (χ2n) is 2.83. The molecule has 3 heteroatoms. The normalized spacial score (nSPS) is 9.46. The molecule has 0 bridgehead atoms. The van der Waals surface area contributed by atoms with Crippen molar-refractivity contribution >= 4 is 5.91 Å². The molecular formula is C10H12NO2. The van der Waals surface area contributed by atoms with E-state index >= 15 is 0 Å². The number of hydrogen-bond donors (Lipinski definition) is 0. The van der Waals surface area contributed by atoms with Crippen molar-refractivity contribution in [2.24, 2.45) is 0 Å².